The van der Waals surface area contributed by atoms with Gasteiger partial charge in [-0.3, -0.25) is 0 Å². The summed E-state index contributed by atoms with van der Waals surface area (Å²) in [5.41, 5.74) is 1.58. The lowest BCUT2D eigenvalue weighted by atomic mass is 10.1. The second-order valence-corrected chi connectivity index (χ2v) is 3.71. The number of nitrogens with zero attached hydrogens (tertiary/aromatic N) is 2. The molecule has 0 saturated heterocycles. The molecule has 0 aromatic carbocycles. The largest absolute Gasteiger partial charge is 0.465 e. The van der Waals surface area contributed by atoms with Gasteiger partial charge in [0.1, 0.15) is 5.56 Å². The molecule has 0 aliphatic carbocycles. The number of hydrogen-bond acceptors (Lipinski definition) is 5. The fraction of sp³-hybridized carbons (Fsp3) is 0.250. The molecule has 6 nitrogen and oxygen atoms in total. The molecule has 0 saturated carbocycles. The summed E-state index contributed by atoms with van der Waals surface area (Å²) in [5, 5.41) is 4.19. The molecule has 0 atom stereocenters. The van der Waals surface area contributed by atoms with E-state index >= 15 is 0 Å². The van der Waals surface area contributed by atoms with E-state index < -0.39 is 11.9 Å². The zero-order valence-electron chi connectivity index (χ0n) is 10.3. The molecule has 2 aromatic rings. The van der Waals surface area contributed by atoms with Gasteiger partial charge in [-0.1, -0.05) is 0 Å². The molecule has 0 unspecified atom stereocenters. The van der Waals surface area contributed by atoms with Gasteiger partial charge in [0, 0.05) is 6.20 Å². The second kappa shape index (κ2) is 4.48. The van der Waals surface area contributed by atoms with Crippen molar-refractivity contribution in [3.8, 4) is 0 Å². The van der Waals surface area contributed by atoms with E-state index in [0.717, 1.165) is 5.69 Å². The van der Waals surface area contributed by atoms with Crippen LogP contribution in [-0.4, -0.2) is 35.8 Å². The number of esters is 2. The van der Waals surface area contributed by atoms with Crippen LogP contribution in [0.4, 0.5) is 0 Å². The van der Waals surface area contributed by atoms with Crippen molar-refractivity contribution in [2.45, 2.75) is 6.92 Å². The van der Waals surface area contributed by atoms with E-state index in [2.05, 4.69) is 14.6 Å². The number of carbonyl (C=O) groups excluding carboxylic acids is 2. The average Bonchev–Trinajstić information content (AvgIpc) is 2.75. The molecule has 18 heavy (non-hydrogen) atoms. The molecule has 6 heteroatoms. The Bertz CT molecular complexity index is 630. The van der Waals surface area contributed by atoms with Crippen molar-refractivity contribution in [3.63, 3.8) is 0 Å². The molecule has 0 spiro atoms. The van der Waals surface area contributed by atoms with Crippen molar-refractivity contribution in [1.29, 1.82) is 0 Å². The summed E-state index contributed by atoms with van der Waals surface area (Å²) >= 11 is 0. The molecule has 2 heterocycles. The number of aryl methyl sites for hydroxylation is 1. The van der Waals surface area contributed by atoms with Gasteiger partial charge in [0.05, 0.1) is 31.0 Å². The zero-order valence-corrected chi connectivity index (χ0v) is 10.3. The highest BCUT2D eigenvalue weighted by molar-refractivity contribution is 6.08. The van der Waals surface area contributed by atoms with E-state index in [1.165, 1.54) is 24.9 Å². The van der Waals surface area contributed by atoms with Crippen LogP contribution in [0.3, 0.4) is 0 Å². The molecule has 0 aliphatic rings. The summed E-state index contributed by atoms with van der Waals surface area (Å²) in [6.07, 6.45) is 1.46. The van der Waals surface area contributed by atoms with E-state index in [-0.39, 0.29) is 11.1 Å². The lowest BCUT2D eigenvalue weighted by molar-refractivity contribution is 0.0558. The van der Waals surface area contributed by atoms with Gasteiger partial charge in [0.2, 0.25) is 0 Å². The van der Waals surface area contributed by atoms with Crippen LogP contribution < -0.4 is 0 Å². The fourth-order valence-corrected chi connectivity index (χ4v) is 1.74. The number of hydrogen-bond donors (Lipinski definition) is 0. The number of carbonyl (C=O) groups is 2. The first-order chi connectivity index (χ1) is 8.58. The Hall–Kier alpha value is -2.37. The lowest BCUT2D eigenvalue weighted by Gasteiger charge is -2.01. The monoisotopic (exact) mass is 248 g/mol. The van der Waals surface area contributed by atoms with Gasteiger partial charge in [0.25, 0.3) is 0 Å². The summed E-state index contributed by atoms with van der Waals surface area (Å²) in [6, 6.07) is 3.46. The zero-order chi connectivity index (χ0) is 13.3. The van der Waals surface area contributed by atoms with Crippen molar-refractivity contribution in [1.82, 2.24) is 9.61 Å². The van der Waals surface area contributed by atoms with E-state index in [1.807, 2.05) is 6.92 Å². The molecule has 0 aliphatic heterocycles. The third kappa shape index (κ3) is 1.81. The molecule has 0 fully saturated rings. The molecular weight excluding hydrogens is 236 g/mol. The predicted molar refractivity (Wildman–Crippen MR) is 62.6 cm³/mol. The minimum absolute atomic E-state index is 0.141. The Morgan fingerprint density at radius 2 is 1.83 bits per heavy atom. The van der Waals surface area contributed by atoms with Crippen molar-refractivity contribution in [2.75, 3.05) is 14.2 Å². The summed E-state index contributed by atoms with van der Waals surface area (Å²) in [6.45, 7) is 1.81. The number of aromatic nitrogens is 2. The summed E-state index contributed by atoms with van der Waals surface area (Å²) < 4.78 is 10.8. The van der Waals surface area contributed by atoms with Crippen LogP contribution >= 0.6 is 0 Å². The predicted octanol–water partition coefficient (Wildman–Crippen LogP) is 1.22. The average molecular weight is 248 g/mol. The molecule has 0 N–H and O–H groups in total. The highest BCUT2D eigenvalue weighted by Crippen LogP contribution is 2.20. The van der Waals surface area contributed by atoms with Gasteiger partial charge in [-0.2, -0.15) is 5.10 Å². The highest BCUT2D eigenvalue weighted by Gasteiger charge is 2.24. The van der Waals surface area contributed by atoms with Crippen LogP contribution in [0.2, 0.25) is 0 Å². The van der Waals surface area contributed by atoms with Gasteiger partial charge < -0.3 is 9.47 Å². The Labute approximate surface area is 103 Å². The Morgan fingerprint density at radius 3 is 2.44 bits per heavy atom. The van der Waals surface area contributed by atoms with Crippen molar-refractivity contribution in [3.05, 3.63) is 35.2 Å². The smallest absolute Gasteiger partial charge is 0.341 e. The molecule has 94 valence electrons. The first-order valence-electron chi connectivity index (χ1n) is 5.24. The molecule has 0 amide bonds. The first kappa shape index (κ1) is 12.1. The van der Waals surface area contributed by atoms with E-state index in [9.17, 15) is 9.59 Å². The van der Waals surface area contributed by atoms with E-state index in [1.54, 1.807) is 12.1 Å². The number of ether oxygens (including phenoxy) is 2. The maximum Gasteiger partial charge on any atom is 0.341 e. The molecule has 2 rings (SSSR count). The third-order valence-electron chi connectivity index (χ3n) is 2.57. The number of methoxy groups -OCH3 is 2. The normalized spacial score (nSPS) is 10.4. The standard InChI is InChI=1S/C12H12N2O4/c1-7-4-5-9-10(12(16)18-3)8(11(15)17-2)6-14(9)13-7/h4-6H,1-3H3. The van der Waals surface area contributed by atoms with Crippen molar-refractivity contribution >= 4 is 17.5 Å². The van der Waals surface area contributed by atoms with Gasteiger partial charge in [-0.25, -0.2) is 14.1 Å². The highest BCUT2D eigenvalue weighted by atomic mass is 16.5. The number of fused-ring (bicyclic) bond motifs is 1. The maximum absolute atomic E-state index is 11.7. The van der Waals surface area contributed by atoms with Crippen LogP contribution in [0.15, 0.2) is 18.3 Å². The molecule has 2 aromatic heterocycles. The summed E-state index contributed by atoms with van der Waals surface area (Å²) in [7, 11) is 2.51. The van der Waals surface area contributed by atoms with Gasteiger partial charge in [-0.15, -0.1) is 0 Å². The van der Waals surface area contributed by atoms with Crippen LogP contribution in [0.5, 0.6) is 0 Å². The Balaban J connectivity index is 2.76. The first-order valence-corrected chi connectivity index (χ1v) is 5.24. The summed E-state index contributed by atoms with van der Waals surface area (Å²) in [5.74, 6) is -1.19. The van der Waals surface area contributed by atoms with Gasteiger partial charge in [0.15, 0.2) is 0 Å². The minimum Gasteiger partial charge on any atom is -0.465 e. The topological polar surface area (TPSA) is 69.9 Å². The second-order valence-electron chi connectivity index (χ2n) is 3.71. The Morgan fingerprint density at radius 1 is 1.17 bits per heavy atom. The fourth-order valence-electron chi connectivity index (χ4n) is 1.74. The minimum atomic E-state index is -0.599. The molecule has 0 radical (unpaired) electrons. The Kier molecular flexibility index (Phi) is 3.01. The van der Waals surface area contributed by atoms with Crippen LogP contribution in [0.25, 0.3) is 5.52 Å². The van der Waals surface area contributed by atoms with Gasteiger partial charge in [-0.05, 0) is 19.1 Å². The van der Waals surface area contributed by atoms with Crippen molar-refractivity contribution in [2.24, 2.45) is 0 Å². The lowest BCUT2D eigenvalue weighted by Crippen LogP contribution is -2.09. The van der Waals surface area contributed by atoms with Crippen LogP contribution in [0.1, 0.15) is 26.4 Å². The van der Waals surface area contributed by atoms with E-state index in [4.69, 9.17) is 0 Å². The third-order valence-corrected chi connectivity index (χ3v) is 2.57. The summed E-state index contributed by atoms with van der Waals surface area (Å²) in [4.78, 5) is 23.4. The maximum atomic E-state index is 11.7. The number of rotatable bonds is 2. The van der Waals surface area contributed by atoms with Crippen molar-refractivity contribution < 1.29 is 19.1 Å². The quantitative estimate of drug-likeness (QED) is 0.747. The van der Waals surface area contributed by atoms with Gasteiger partial charge >= 0.3 is 11.9 Å². The van der Waals surface area contributed by atoms with Crippen LogP contribution in [0, 0.1) is 6.92 Å². The SMILES string of the molecule is COC(=O)c1cn2nc(C)ccc2c1C(=O)OC. The van der Waals surface area contributed by atoms with E-state index in [0.29, 0.717) is 5.52 Å². The van der Waals surface area contributed by atoms with Crippen LogP contribution in [-0.2, 0) is 9.47 Å². The molecule has 0 bridgehead atoms. The molecular formula is C12H12N2O4.